The first-order chi connectivity index (χ1) is 11.9. The zero-order valence-electron chi connectivity index (χ0n) is 13.2. The number of amides is 1. The number of anilines is 1. The molecule has 1 aromatic rings. The van der Waals surface area contributed by atoms with Crippen molar-refractivity contribution in [1.82, 2.24) is 5.32 Å². The van der Waals surface area contributed by atoms with Crippen molar-refractivity contribution in [2.24, 2.45) is 5.92 Å². The number of carbonyl (C=O) groups excluding carboxylic acids is 1. The second kappa shape index (κ2) is 6.90. The molecule has 7 heteroatoms. The van der Waals surface area contributed by atoms with E-state index in [9.17, 15) is 13.6 Å². The predicted octanol–water partition coefficient (Wildman–Crippen LogP) is 4.44. The van der Waals surface area contributed by atoms with Gasteiger partial charge in [-0.05, 0) is 48.7 Å². The largest absolute Gasteiger partial charge is 0.325 e. The fourth-order valence-electron chi connectivity index (χ4n) is 3.52. The van der Waals surface area contributed by atoms with Crippen molar-refractivity contribution in [2.75, 3.05) is 18.4 Å². The van der Waals surface area contributed by atoms with Gasteiger partial charge in [0.15, 0.2) is 0 Å². The van der Waals surface area contributed by atoms with Gasteiger partial charge in [0.1, 0.15) is 11.6 Å². The van der Waals surface area contributed by atoms with Crippen LogP contribution in [0.1, 0.15) is 12.0 Å². The second-order valence-corrected chi connectivity index (χ2v) is 6.92. The van der Waals surface area contributed by atoms with Gasteiger partial charge >= 0.3 is 0 Å². The number of hydrogen-bond donors (Lipinski definition) is 2. The lowest BCUT2D eigenvalue weighted by Crippen LogP contribution is -2.41. The van der Waals surface area contributed by atoms with Crippen LogP contribution in [0.4, 0.5) is 14.5 Å². The van der Waals surface area contributed by atoms with E-state index in [-0.39, 0.29) is 21.9 Å². The second-order valence-electron chi connectivity index (χ2n) is 6.10. The molecule has 0 aliphatic carbocycles. The van der Waals surface area contributed by atoms with Crippen LogP contribution >= 0.6 is 23.2 Å². The third-order valence-corrected chi connectivity index (χ3v) is 5.40. The van der Waals surface area contributed by atoms with Gasteiger partial charge in [-0.25, -0.2) is 8.78 Å². The molecule has 3 rings (SSSR count). The summed E-state index contributed by atoms with van der Waals surface area (Å²) >= 11 is 11.5. The molecule has 0 unspecified atom stereocenters. The highest BCUT2D eigenvalue weighted by Gasteiger charge is 2.54. The maximum absolute atomic E-state index is 14.0. The van der Waals surface area contributed by atoms with Gasteiger partial charge in [0.25, 0.3) is 0 Å². The van der Waals surface area contributed by atoms with E-state index in [2.05, 4.69) is 17.2 Å². The molecule has 0 bridgehead atoms. The SMILES string of the molecule is C=C/C(Cl)=C(F)\C=C/C[C@H]1CNC[C@]12C(=O)Nc1cc(Cl)c(F)cc12. The van der Waals surface area contributed by atoms with Gasteiger partial charge in [0.05, 0.1) is 15.5 Å². The number of nitrogens with one attached hydrogen (secondary N) is 2. The minimum absolute atomic E-state index is 0.0372. The van der Waals surface area contributed by atoms with Crippen molar-refractivity contribution in [3.05, 3.63) is 64.2 Å². The van der Waals surface area contributed by atoms with Gasteiger partial charge in [-0.2, -0.15) is 0 Å². The van der Waals surface area contributed by atoms with E-state index in [1.54, 1.807) is 6.08 Å². The van der Waals surface area contributed by atoms with E-state index in [0.29, 0.717) is 30.8 Å². The number of carbonyl (C=O) groups is 1. The Bertz CT molecular complexity index is 807. The van der Waals surface area contributed by atoms with Crippen molar-refractivity contribution in [3.8, 4) is 0 Å². The highest BCUT2D eigenvalue weighted by molar-refractivity contribution is 6.31. The van der Waals surface area contributed by atoms with E-state index >= 15 is 0 Å². The van der Waals surface area contributed by atoms with Gasteiger partial charge in [-0.3, -0.25) is 4.79 Å². The standard InChI is InChI=1S/C18H16Cl2F2N2O/c1-2-12(19)14(21)5-3-4-10-8-23-9-18(10)11-6-15(22)13(20)7-16(11)24-17(18)25/h2-3,5-7,10,23H,1,4,8-9H2,(H,24,25)/b5-3-,14-12-/t10-,18-/m0/s1. The average molecular weight is 385 g/mol. The Kier molecular flexibility index (Phi) is 5.00. The molecule has 2 atom stereocenters. The highest BCUT2D eigenvalue weighted by atomic mass is 35.5. The number of halogens is 4. The minimum atomic E-state index is -0.895. The Morgan fingerprint density at radius 3 is 2.96 bits per heavy atom. The van der Waals surface area contributed by atoms with Crippen LogP contribution in [0.25, 0.3) is 0 Å². The lowest BCUT2D eigenvalue weighted by atomic mass is 9.72. The van der Waals surface area contributed by atoms with E-state index < -0.39 is 17.1 Å². The number of rotatable bonds is 4. The topological polar surface area (TPSA) is 41.1 Å². The van der Waals surface area contributed by atoms with Gasteiger partial charge in [-0.15, -0.1) is 0 Å². The van der Waals surface area contributed by atoms with E-state index in [1.807, 2.05) is 0 Å². The molecule has 1 spiro atoms. The smallest absolute Gasteiger partial charge is 0.236 e. The van der Waals surface area contributed by atoms with Gasteiger partial charge in [-0.1, -0.05) is 35.9 Å². The normalized spacial score (nSPS) is 26.1. The molecule has 25 heavy (non-hydrogen) atoms. The number of fused-ring (bicyclic) bond motifs is 2. The number of hydrogen-bond acceptors (Lipinski definition) is 2. The molecule has 1 saturated heterocycles. The Morgan fingerprint density at radius 2 is 2.24 bits per heavy atom. The molecule has 2 aliphatic rings. The molecule has 2 aliphatic heterocycles. The van der Waals surface area contributed by atoms with Gasteiger partial charge in [0, 0.05) is 12.2 Å². The van der Waals surface area contributed by atoms with Crippen LogP contribution in [0.2, 0.25) is 5.02 Å². The van der Waals surface area contributed by atoms with Crippen LogP contribution in [-0.4, -0.2) is 19.0 Å². The summed E-state index contributed by atoms with van der Waals surface area (Å²) in [6.07, 6.45) is 4.52. The maximum atomic E-state index is 14.0. The summed E-state index contributed by atoms with van der Waals surface area (Å²) in [5, 5.41) is 5.86. The molecule has 2 heterocycles. The summed E-state index contributed by atoms with van der Waals surface area (Å²) in [7, 11) is 0. The average Bonchev–Trinajstić information content (AvgIpc) is 3.12. The van der Waals surface area contributed by atoms with Crippen molar-refractivity contribution in [3.63, 3.8) is 0 Å². The summed E-state index contributed by atoms with van der Waals surface area (Å²) in [6, 6.07) is 2.74. The minimum Gasteiger partial charge on any atom is -0.325 e. The first-order valence-electron chi connectivity index (χ1n) is 7.76. The molecule has 0 aromatic heterocycles. The third-order valence-electron chi connectivity index (χ3n) is 4.78. The fourth-order valence-corrected chi connectivity index (χ4v) is 3.74. The molecule has 1 aromatic carbocycles. The zero-order valence-corrected chi connectivity index (χ0v) is 14.7. The Labute approximate surface area is 154 Å². The highest BCUT2D eigenvalue weighted by Crippen LogP contribution is 2.47. The van der Waals surface area contributed by atoms with Crippen LogP contribution in [0.15, 0.2) is 47.8 Å². The summed E-state index contributed by atoms with van der Waals surface area (Å²) in [6.45, 7) is 4.35. The molecule has 3 nitrogen and oxygen atoms in total. The van der Waals surface area contributed by atoms with Crippen LogP contribution in [0.3, 0.4) is 0 Å². The Morgan fingerprint density at radius 1 is 1.48 bits per heavy atom. The summed E-state index contributed by atoms with van der Waals surface area (Å²) in [5.74, 6) is -1.51. The van der Waals surface area contributed by atoms with Gasteiger partial charge in [0.2, 0.25) is 5.91 Å². The molecule has 2 N–H and O–H groups in total. The van der Waals surface area contributed by atoms with E-state index in [4.69, 9.17) is 23.2 Å². The van der Waals surface area contributed by atoms with Crippen molar-refractivity contribution < 1.29 is 13.6 Å². The summed E-state index contributed by atoms with van der Waals surface area (Å²) in [5.41, 5.74) is 0.214. The zero-order chi connectivity index (χ0) is 18.2. The van der Waals surface area contributed by atoms with Crippen molar-refractivity contribution >= 4 is 34.8 Å². The molecule has 1 fully saturated rings. The quantitative estimate of drug-likeness (QED) is 0.753. The summed E-state index contributed by atoms with van der Waals surface area (Å²) in [4.78, 5) is 12.7. The molecular weight excluding hydrogens is 369 g/mol. The maximum Gasteiger partial charge on any atom is 0.236 e. The van der Waals surface area contributed by atoms with Crippen LogP contribution < -0.4 is 10.6 Å². The number of benzene rings is 1. The lowest BCUT2D eigenvalue weighted by molar-refractivity contribution is -0.121. The van der Waals surface area contributed by atoms with E-state index in [0.717, 1.165) is 0 Å². The molecule has 0 radical (unpaired) electrons. The molecule has 1 amide bonds. The molecule has 0 saturated carbocycles. The number of allylic oxidation sites excluding steroid dienone is 5. The van der Waals surface area contributed by atoms with Crippen molar-refractivity contribution in [2.45, 2.75) is 11.8 Å². The Hall–Kier alpha value is -1.69. The first-order valence-corrected chi connectivity index (χ1v) is 8.51. The van der Waals surface area contributed by atoms with Crippen LogP contribution in [0, 0.1) is 11.7 Å². The predicted molar refractivity (Wildman–Crippen MR) is 96.0 cm³/mol. The Balaban J connectivity index is 1.92. The monoisotopic (exact) mass is 384 g/mol. The summed E-state index contributed by atoms with van der Waals surface area (Å²) < 4.78 is 27.6. The fraction of sp³-hybridized carbons (Fsp3) is 0.278. The molecule has 132 valence electrons. The van der Waals surface area contributed by atoms with Crippen LogP contribution in [-0.2, 0) is 10.2 Å². The molecular formula is C18H16Cl2F2N2O. The van der Waals surface area contributed by atoms with E-state index in [1.165, 1.54) is 24.3 Å². The van der Waals surface area contributed by atoms with Crippen molar-refractivity contribution in [1.29, 1.82) is 0 Å². The third kappa shape index (κ3) is 3.01. The first kappa shape index (κ1) is 18.1. The lowest BCUT2D eigenvalue weighted by Gasteiger charge is -2.27. The van der Waals surface area contributed by atoms with Gasteiger partial charge < -0.3 is 10.6 Å². The van der Waals surface area contributed by atoms with Crippen LogP contribution in [0.5, 0.6) is 0 Å².